The molecule has 2 aromatic heterocycles. The third kappa shape index (κ3) is 6.92. The third-order valence-electron chi connectivity index (χ3n) is 9.44. The van der Waals surface area contributed by atoms with Gasteiger partial charge in [-0.1, -0.05) is 60.7 Å². The fraction of sp³-hybridized carbons (Fsp3) is 0.378. The van der Waals surface area contributed by atoms with Crippen molar-refractivity contribution in [2.24, 2.45) is 0 Å². The van der Waals surface area contributed by atoms with E-state index in [9.17, 15) is 9.59 Å². The molecule has 4 aromatic rings. The fourth-order valence-electron chi connectivity index (χ4n) is 6.79. The van der Waals surface area contributed by atoms with E-state index in [1.54, 1.807) is 0 Å². The van der Waals surface area contributed by atoms with Crippen molar-refractivity contribution in [1.82, 2.24) is 24.6 Å². The Morgan fingerprint density at radius 3 is 1.87 bits per heavy atom. The lowest BCUT2D eigenvalue weighted by Crippen LogP contribution is -2.54. The van der Waals surface area contributed by atoms with Gasteiger partial charge in [0.05, 0.1) is 31.1 Å². The maximum Gasteiger partial charge on any atom is 0.289 e. The molecule has 2 amide bonds. The highest BCUT2D eigenvalue weighted by molar-refractivity contribution is 5.96. The van der Waals surface area contributed by atoms with Crippen molar-refractivity contribution in [3.8, 4) is 22.5 Å². The molecule has 0 spiro atoms. The number of pyridine rings is 1. The van der Waals surface area contributed by atoms with E-state index in [0.29, 0.717) is 50.1 Å². The van der Waals surface area contributed by atoms with Gasteiger partial charge < -0.3 is 19.0 Å². The molecule has 9 nitrogen and oxygen atoms in total. The van der Waals surface area contributed by atoms with E-state index in [1.807, 2.05) is 94.7 Å². The summed E-state index contributed by atoms with van der Waals surface area (Å²) in [4.78, 5) is 40.6. The molecule has 3 saturated heterocycles. The SMILES string of the molecule is O=C(c1cc(-c2ccccc2)nc(-c2ccccc2)c1)N1CCN(C2CCN(C(=O)c3ccc(CN4CCOCC4)o3)CC2)CC1. The Morgan fingerprint density at radius 1 is 0.674 bits per heavy atom. The Kier molecular flexibility index (Phi) is 9.23. The first kappa shape index (κ1) is 30.3. The lowest BCUT2D eigenvalue weighted by molar-refractivity contribution is 0.0306. The summed E-state index contributed by atoms with van der Waals surface area (Å²) in [5, 5.41) is 0. The van der Waals surface area contributed by atoms with Crippen molar-refractivity contribution < 1.29 is 18.7 Å². The highest BCUT2D eigenvalue weighted by Gasteiger charge is 2.32. The van der Waals surface area contributed by atoms with Gasteiger partial charge in [0.25, 0.3) is 11.8 Å². The van der Waals surface area contributed by atoms with Crippen LogP contribution in [0, 0.1) is 0 Å². The Bertz CT molecular complexity index is 1560. The van der Waals surface area contributed by atoms with Crippen LogP contribution in [0.15, 0.2) is 89.3 Å². The number of furan rings is 1. The summed E-state index contributed by atoms with van der Waals surface area (Å²) >= 11 is 0. The van der Waals surface area contributed by atoms with E-state index in [0.717, 1.165) is 80.5 Å². The van der Waals surface area contributed by atoms with Gasteiger partial charge in [-0.05, 0) is 37.1 Å². The number of nitrogens with zero attached hydrogens (tertiary/aromatic N) is 5. The van der Waals surface area contributed by atoms with E-state index < -0.39 is 0 Å². The van der Waals surface area contributed by atoms with Gasteiger partial charge >= 0.3 is 0 Å². The largest absolute Gasteiger partial charge is 0.455 e. The second kappa shape index (κ2) is 14.0. The predicted molar refractivity (Wildman–Crippen MR) is 176 cm³/mol. The van der Waals surface area contributed by atoms with Crippen molar-refractivity contribution in [2.75, 3.05) is 65.6 Å². The Hall–Kier alpha value is -4.31. The second-order valence-electron chi connectivity index (χ2n) is 12.4. The van der Waals surface area contributed by atoms with Gasteiger partial charge in [0.1, 0.15) is 5.76 Å². The van der Waals surface area contributed by atoms with Crippen LogP contribution in [0.3, 0.4) is 0 Å². The first-order valence-electron chi connectivity index (χ1n) is 16.4. The lowest BCUT2D eigenvalue weighted by Gasteiger charge is -2.42. The molecule has 0 radical (unpaired) electrons. The fourth-order valence-corrected chi connectivity index (χ4v) is 6.79. The lowest BCUT2D eigenvalue weighted by atomic mass is 10.0. The van der Waals surface area contributed by atoms with Crippen molar-refractivity contribution in [2.45, 2.75) is 25.4 Å². The van der Waals surface area contributed by atoms with E-state index in [1.165, 1.54) is 0 Å². The number of morpholine rings is 1. The number of carbonyl (C=O) groups excluding carboxylic acids is 2. The average molecular weight is 620 g/mol. The molecule has 0 N–H and O–H groups in total. The molecule has 2 aromatic carbocycles. The molecular formula is C37H41N5O4. The van der Waals surface area contributed by atoms with Crippen LogP contribution >= 0.6 is 0 Å². The monoisotopic (exact) mass is 619 g/mol. The summed E-state index contributed by atoms with van der Waals surface area (Å²) in [7, 11) is 0. The van der Waals surface area contributed by atoms with Crippen LogP contribution in [0.25, 0.3) is 22.5 Å². The first-order chi connectivity index (χ1) is 22.6. The molecule has 46 heavy (non-hydrogen) atoms. The minimum Gasteiger partial charge on any atom is -0.455 e. The van der Waals surface area contributed by atoms with E-state index in [-0.39, 0.29) is 11.8 Å². The highest BCUT2D eigenvalue weighted by atomic mass is 16.5. The highest BCUT2D eigenvalue weighted by Crippen LogP contribution is 2.27. The van der Waals surface area contributed by atoms with Crippen LogP contribution in [0.4, 0.5) is 0 Å². The summed E-state index contributed by atoms with van der Waals surface area (Å²) in [6.45, 7) is 8.39. The zero-order valence-corrected chi connectivity index (χ0v) is 26.2. The number of ether oxygens (including phenoxy) is 1. The molecule has 3 aliphatic rings. The van der Waals surface area contributed by atoms with Gasteiger partial charge in [-0.2, -0.15) is 0 Å². The minimum atomic E-state index is -0.0239. The molecule has 3 fully saturated rings. The quantitative estimate of drug-likeness (QED) is 0.291. The van der Waals surface area contributed by atoms with E-state index >= 15 is 0 Å². The normalized spacial score (nSPS) is 18.5. The summed E-state index contributed by atoms with van der Waals surface area (Å²) in [6.07, 6.45) is 1.85. The maximum atomic E-state index is 13.8. The predicted octanol–water partition coefficient (Wildman–Crippen LogP) is 4.90. The number of piperidine rings is 1. The molecule has 0 unspecified atom stereocenters. The van der Waals surface area contributed by atoms with Crippen molar-refractivity contribution in [3.05, 3.63) is 102 Å². The Morgan fingerprint density at radius 2 is 1.26 bits per heavy atom. The molecule has 3 aliphatic heterocycles. The number of amides is 2. The number of carbonyl (C=O) groups is 2. The van der Waals surface area contributed by atoms with Gasteiger partial charge in [0.2, 0.25) is 0 Å². The topological polar surface area (TPSA) is 82.4 Å². The number of hydrogen-bond acceptors (Lipinski definition) is 7. The molecule has 7 rings (SSSR count). The Labute approximate surface area is 270 Å². The number of rotatable bonds is 7. The number of aromatic nitrogens is 1. The molecule has 9 heteroatoms. The number of benzene rings is 2. The third-order valence-corrected chi connectivity index (χ3v) is 9.44. The molecular weight excluding hydrogens is 578 g/mol. The van der Waals surface area contributed by atoms with Crippen LogP contribution in [0.2, 0.25) is 0 Å². The van der Waals surface area contributed by atoms with Crippen LogP contribution in [0.1, 0.15) is 39.5 Å². The Balaban J connectivity index is 0.943. The van der Waals surface area contributed by atoms with Crippen molar-refractivity contribution >= 4 is 11.8 Å². The number of hydrogen-bond donors (Lipinski definition) is 0. The van der Waals surface area contributed by atoms with Gasteiger partial charge in [-0.25, -0.2) is 4.98 Å². The average Bonchev–Trinajstić information content (AvgIpc) is 3.60. The summed E-state index contributed by atoms with van der Waals surface area (Å²) in [5.74, 6) is 1.27. The zero-order chi connectivity index (χ0) is 31.3. The molecule has 0 saturated carbocycles. The number of likely N-dealkylation sites (tertiary alicyclic amines) is 1. The van der Waals surface area contributed by atoms with E-state index in [2.05, 4.69) is 9.80 Å². The van der Waals surface area contributed by atoms with Crippen LogP contribution in [-0.2, 0) is 11.3 Å². The van der Waals surface area contributed by atoms with Crippen molar-refractivity contribution in [3.63, 3.8) is 0 Å². The first-order valence-corrected chi connectivity index (χ1v) is 16.4. The van der Waals surface area contributed by atoms with Gasteiger partial charge in [-0.15, -0.1) is 0 Å². The van der Waals surface area contributed by atoms with Crippen LogP contribution in [0.5, 0.6) is 0 Å². The van der Waals surface area contributed by atoms with Gasteiger partial charge in [0.15, 0.2) is 5.76 Å². The summed E-state index contributed by atoms with van der Waals surface area (Å²) in [6, 6.07) is 28.1. The second-order valence-corrected chi connectivity index (χ2v) is 12.4. The molecule has 238 valence electrons. The standard InChI is InChI=1S/C37H41N5O4/c43-36(30-25-33(28-7-3-1-4-8-28)38-34(26-30)29-9-5-2-6-10-29)42-19-17-40(18-20-42)31-13-15-41(16-14-31)37(44)35-12-11-32(46-35)27-39-21-23-45-24-22-39/h1-12,25-26,31H,13-24,27H2. The summed E-state index contributed by atoms with van der Waals surface area (Å²) in [5.41, 5.74) is 4.24. The molecule has 0 atom stereocenters. The van der Waals surface area contributed by atoms with Gasteiger partial charge in [0, 0.05) is 75.1 Å². The zero-order valence-electron chi connectivity index (χ0n) is 26.2. The molecule has 0 bridgehead atoms. The summed E-state index contributed by atoms with van der Waals surface area (Å²) < 4.78 is 11.4. The maximum absolute atomic E-state index is 13.8. The minimum absolute atomic E-state index is 0.0239. The van der Waals surface area contributed by atoms with Crippen molar-refractivity contribution in [1.29, 1.82) is 0 Å². The molecule has 0 aliphatic carbocycles. The van der Waals surface area contributed by atoms with Crippen LogP contribution in [-0.4, -0.2) is 108 Å². The molecule has 5 heterocycles. The van der Waals surface area contributed by atoms with Crippen LogP contribution < -0.4 is 0 Å². The van der Waals surface area contributed by atoms with E-state index in [4.69, 9.17) is 14.1 Å². The number of piperazine rings is 1. The smallest absolute Gasteiger partial charge is 0.289 e. The van der Waals surface area contributed by atoms with Gasteiger partial charge in [-0.3, -0.25) is 19.4 Å².